The molecule has 0 radical (unpaired) electrons. The van der Waals surface area contributed by atoms with Crippen LogP contribution in [0.2, 0.25) is 0 Å². The number of anilines is 1. The number of rotatable bonds is 9. The Balaban J connectivity index is 1.80. The van der Waals surface area contributed by atoms with Gasteiger partial charge in [-0.2, -0.15) is 4.31 Å². The van der Waals surface area contributed by atoms with Crippen molar-refractivity contribution in [2.24, 2.45) is 0 Å². The zero-order valence-electron chi connectivity index (χ0n) is 19.0. The minimum absolute atomic E-state index is 0.0874. The fraction of sp³-hybridized carbons (Fsp3) is 0.391. The van der Waals surface area contributed by atoms with Gasteiger partial charge in [-0.1, -0.05) is 32.0 Å². The Labute approximate surface area is 188 Å². The van der Waals surface area contributed by atoms with E-state index in [2.05, 4.69) is 5.32 Å². The molecule has 1 amide bonds. The van der Waals surface area contributed by atoms with E-state index in [-0.39, 0.29) is 29.5 Å². The van der Waals surface area contributed by atoms with Crippen LogP contribution in [0.5, 0.6) is 0 Å². The molecule has 0 atom stereocenters. The summed E-state index contributed by atoms with van der Waals surface area (Å²) in [6, 6.07) is 12.2. The zero-order chi connectivity index (χ0) is 23.5. The lowest BCUT2D eigenvalue weighted by Gasteiger charge is -2.19. The van der Waals surface area contributed by atoms with E-state index in [1.165, 1.54) is 10.4 Å². The summed E-state index contributed by atoms with van der Waals surface area (Å²) in [5.41, 5.74) is 2.69. The zero-order valence-corrected chi connectivity index (χ0v) is 19.8. The summed E-state index contributed by atoms with van der Waals surface area (Å²) in [6.07, 6.45) is 0.0874. The molecule has 0 bridgehead atoms. The highest BCUT2D eigenvalue weighted by molar-refractivity contribution is 7.89. The first-order valence-electron chi connectivity index (χ1n) is 10.8. The van der Waals surface area contributed by atoms with Gasteiger partial charge in [0.15, 0.2) is 0 Å². The number of para-hydroxylation sites is 2. The average molecular weight is 459 g/mol. The smallest absolute Gasteiger partial charge is 0.326 e. The summed E-state index contributed by atoms with van der Waals surface area (Å²) in [7, 11) is -3.63. The van der Waals surface area contributed by atoms with Crippen molar-refractivity contribution in [2.75, 3.05) is 18.4 Å². The number of aryl methyl sites for hydroxylation is 3. The van der Waals surface area contributed by atoms with Crippen LogP contribution in [-0.4, -0.2) is 40.9 Å². The monoisotopic (exact) mass is 458 g/mol. The maximum Gasteiger partial charge on any atom is 0.329 e. The maximum atomic E-state index is 12.8. The van der Waals surface area contributed by atoms with Gasteiger partial charge in [-0.05, 0) is 43.7 Å². The van der Waals surface area contributed by atoms with Gasteiger partial charge in [0.1, 0.15) is 0 Å². The summed E-state index contributed by atoms with van der Waals surface area (Å²) >= 11 is 0. The molecule has 8 nitrogen and oxygen atoms in total. The number of imidazole rings is 1. The molecule has 0 unspecified atom stereocenters. The van der Waals surface area contributed by atoms with E-state index in [9.17, 15) is 18.0 Å². The summed E-state index contributed by atoms with van der Waals surface area (Å²) in [6.45, 7) is 8.81. The van der Waals surface area contributed by atoms with Gasteiger partial charge in [-0.15, -0.1) is 0 Å². The number of carbonyl (C=O) groups excluding carboxylic acids is 1. The highest BCUT2D eigenvalue weighted by Crippen LogP contribution is 2.23. The van der Waals surface area contributed by atoms with E-state index < -0.39 is 10.0 Å². The molecule has 172 valence electrons. The predicted octanol–water partition coefficient (Wildman–Crippen LogP) is 3.19. The minimum atomic E-state index is -3.63. The Kier molecular flexibility index (Phi) is 7.20. The third-order valence-electron chi connectivity index (χ3n) is 5.63. The van der Waals surface area contributed by atoms with Gasteiger partial charge < -0.3 is 5.32 Å². The number of hydrogen-bond donors (Lipinski definition) is 1. The van der Waals surface area contributed by atoms with Gasteiger partial charge in [0.05, 0.1) is 15.9 Å². The van der Waals surface area contributed by atoms with Gasteiger partial charge in [0.2, 0.25) is 15.9 Å². The van der Waals surface area contributed by atoms with Gasteiger partial charge in [-0.25, -0.2) is 13.2 Å². The third-order valence-corrected chi connectivity index (χ3v) is 7.68. The van der Waals surface area contributed by atoms with E-state index in [1.54, 1.807) is 35.1 Å². The topological polar surface area (TPSA) is 93.4 Å². The van der Waals surface area contributed by atoms with Crippen LogP contribution >= 0.6 is 0 Å². The van der Waals surface area contributed by atoms with Gasteiger partial charge >= 0.3 is 5.69 Å². The Morgan fingerprint density at radius 2 is 1.62 bits per heavy atom. The highest BCUT2D eigenvalue weighted by atomic mass is 32.2. The van der Waals surface area contributed by atoms with Crippen molar-refractivity contribution < 1.29 is 13.2 Å². The molecule has 0 fully saturated rings. The van der Waals surface area contributed by atoms with Crippen molar-refractivity contribution in [1.29, 1.82) is 0 Å². The van der Waals surface area contributed by atoms with Crippen molar-refractivity contribution in [3.8, 4) is 0 Å². The number of carbonyl (C=O) groups is 1. The van der Waals surface area contributed by atoms with E-state index in [0.717, 1.165) is 16.6 Å². The molecule has 9 heteroatoms. The molecule has 32 heavy (non-hydrogen) atoms. The van der Waals surface area contributed by atoms with E-state index >= 15 is 0 Å². The van der Waals surface area contributed by atoms with Crippen LogP contribution in [0, 0.1) is 6.92 Å². The summed E-state index contributed by atoms with van der Waals surface area (Å²) in [5, 5.41) is 2.81. The second kappa shape index (κ2) is 9.70. The minimum Gasteiger partial charge on any atom is -0.326 e. The predicted molar refractivity (Wildman–Crippen MR) is 126 cm³/mol. The van der Waals surface area contributed by atoms with Crippen LogP contribution in [0.15, 0.2) is 52.2 Å². The largest absolute Gasteiger partial charge is 0.329 e. The SMILES string of the molecule is CCN(CC)S(=O)(=O)c1ccc(C)c(NC(=O)CCn2c(=O)n(CC)c3ccccc32)c1. The van der Waals surface area contributed by atoms with Crippen molar-refractivity contribution >= 4 is 32.7 Å². The standard InChI is InChI=1S/C23H30N4O4S/c1-5-25(6-2)32(30,31)18-13-12-17(4)19(16-18)24-22(28)14-15-27-21-11-9-8-10-20(21)26(7-3)23(27)29/h8-13,16H,5-7,14-15H2,1-4H3,(H,24,28). The normalized spacial score (nSPS) is 11.9. The Hall–Kier alpha value is -2.91. The fourth-order valence-electron chi connectivity index (χ4n) is 3.83. The molecule has 3 rings (SSSR count). The quantitative estimate of drug-likeness (QED) is 0.533. The first-order chi connectivity index (χ1) is 15.2. The molecular formula is C23H30N4O4S. The second-order valence-electron chi connectivity index (χ2n) is 7.53. The van der Waals surface area contributed by atoms with Crippen molar-refractivity contribution in [3.63, 3.8) is 0 Å². The molecule has 1 N–H and O–H groups in total. The first kappa shape index (κ1) is 23.7. The van der Waals surface area contributed by atoms with Gasteiger partial charge in [-0.3, -0.25) is 13.9 Å². The number of nitrogens with one attached hydrogen (secondary N) is 1. The lowest BCUT2D eigenvalue weighted by Crippen LogP contribution is -2.30. The number of benzene rings is 2. The van der Waals surface area contributed by atoms with Crippen molar-refractivity contribution in [2.45, 2.75) is 52.1 Å². The molecule has 0 aliphatic carbocycles. The highest BCUT2D eigenvalue weighted by Gasteiger charge is 2.22. The first-order valence-corrected chi connectivity index (χ1v) is 12.3. The van der Waals surface area contributed by atoms with Crippen LogP contribution in [0.3, 0.4) is 0 Å². The Morgan fingerprint density at radius 1 is 1.00 bits per heavy atom. The molecular weight excluding hydrogens is 428 g/mol. The van der Waals surface area contributed by atoms with E-state index in [0.29, 0.717) is 25.3 Å². The van der Waals surface area contributed by atoms with Crippen LogP contribution in [0.25, 0.3) is 11.0 Å². The number of amides is 1. The van der Waals surface area contributed by atoms with E-state index in [4.69, 9.17) is 0 Å². The summed E-state index contributed by atoms with van der Waals surface area (Å²) < 4.78 is 30.3. The van der Waals surface area contributed by atoms with E-state index in [1.807, 2.05) is 38.1 Å². The van der Waals surface area contributed by atoms with Gasteiger partial charge in [0.25, 0.3) is 0 Å². The molecule has 0 aliphatic heterocycles. The molecule has 1 heterocycles. The van der Waals surface area contributed by atoms with Crippen molar-refractivity contribution in [1.82, 2.24) is 13.4 Å². The van der Waals surface area contributed by atoms with Crippen LogP contribution in [-0.2, 0) is 27.9 Å². The molecule has 0 saturated heterocycles. The summed E-state index contributed by atoms with van der Waals surface area (Å²) in [4.78, 5) is 25.6. The average Bonchev–Trinajstić information content (AvgIpc) is 3.04. The maximum absolute atomic E-state index is 12.8. The Bertz CT molecular complexity index is 1290. The summed E-state index contributed by atoms with van der Waals surface area (Å²) in [5.74, 6) is -0.286. The number of sulfonamides is 1. The molecule has 0 saturated carbocycles. The number of aromatic nitrogens is 2. The van der Waals surface area contributed by atoms with Gasteiger partial charge in [0, 0.05) is 38.3 Å². The van der Waals surface area contributed by atoms with Crippen LogP contribution in [0.4, 0.5) is 5.69 Å². The van der Waals surface area contributed by atoms with Crippen LogP contribution < -0.4 is 11.0 Å². The molecule has 2 aromatic carbocycles. The third kappa shape index (κ3) is 4.49. The second-order valence-corrected chi connectivity index (χ2v) is 9.47. The molecule has 1 aromatic heterocycles. The van der Waals surface area contributed by atoms with Crippen molar-refractivity contribution in [3.05, 3.63) is 58.5 Å². The molecule has 0 spiro atoms. The number of fused-ring (bicyclic) bond motifs is 1. The Morgan fingerprint density at radius 3 is 2.22 bits per heavy atom. The number of hydrogen-bond acceptors (Lipinski definition) is 4. The molecule has 0 aliphatic rings. The van der Waals surface area contributed by atoms with Crippen LogP contribution in [0.1, 0.15) is 32.8 Å². The number of nitrogens with zero attached hydrogens (tertiary/aromatic N) is 3. The lowest BCUT2D eigenvalue weighted by atomic mass is 10.2. The molecule has 3 aromatic rings. The fourth-order valence-corrected chi connectivity index (χ4v) is 5.31. The lowest BCUT2D eigenvalue weighted by molar-refractivity contribution is -0.116.